The van der Waals surface area contributed by atoms with Crippen LogP contribution in [-0.2, 0) is 6.42 Å². The summed E-state index contributed by atoms with van der Waals surface area (Å²) in [5, 5.41) is 2.98. The number of rotatable bonds is 5. The third-order valence-electron chi connectivity index (χ3n) is 3.27. The van der Waals surface area contributed by atoms with Crippen LogP contribution in [-0.4, -0.2) is 19.1 Å². The summed E-state index contributed by atoms with van der Waals surface area (Å²) in [6.45, 7) is 1.97. The van der Waals surface area contributed by atoms with Crippen molar-refractivity contribution in [3.8, 4) is 5.75 Å². The van der Waals surface area contributed by atoms with Crippen LogP contribution in [0, 0.1) is 0 Å². The van der Waals surface area contributed by atoms with E-state index in [9.17, 15) is 4.79 Å². The highest BCUT2D eigenvalue weighted by Gasteiger charge is 2.12. The Morgan fingerprint density at radius 3 is 2.52 bits per heavy atom. The Morgan fingerprint density at radius 1 is 1.19 bits per heavy atom. The molecule has 4 nitrogen and oxygen atoms in total. The van der Waals surface area contributed by atoms with Gasteiger partial charge in [-0.25, -0.2) is 0 Å². The van der Waals surface area contributed by atoms with E-state index in [4.69, 9.17) is 10.5 Å². The Bertz CT molecular complexity index is 608. The van der Waals surface area contributed by atoms with E-state index in [1.807, 2.05) is 31.2 Å². The Kier molecular flexibility index (Phi) is 4.82. The maximum absolute atomic E-state index is 12.1. The molecular formula is C17H20N2O2. The van der Waals surface area contributed by atoms with E-state index in [1.165, 1.54) is 0 Å². The van der Waals surface area contributed by atoms with Crippen molar-refractivity contribution in [2.75, 3.05) is 12.8 Å². The number of hydrogen-bond donors (Lipinski definition) is 2. The molecule has 0 heterocycles. The average molecular weight is 284 g/mol. The molecule has 0 fully saturated rings. The molecule has 0 spiro atoms. The van der Waals surface area contributed by atoms with Gasteiger partial charge in [0.25, 0.3) is 5.91 Å². The van der Waals surface area contributed by atoms with Gasteiger partial charge in [0, 0.05) is 17.3 Å². The van der Waals surface area contributed by atoms with Crippen LogP contribution in [0.25, 0.3) is 0 Å². The minimum atomic E-state index is -0.0996. The molecule has 2 rings (SSSR count). The van der Waals surface area contributed by atoms with Crippen molar-refractivity contribution < 1.29 is 9.53 Å². The lowest BCUT2D eigenvalue weighted by molar-refractivity contribution is 0.0940. The summed E-state index contributed by atoms with van der Waals surface area (Å²) in [5.41, 5.74) is 7.95. The fraction of sp³-hybridized carbons (Fsp3) is 0.235. The minimum absolute atomic E-state index is 0.00588. The lowest BCUT2D eigenvalue weighted by Gasteiger charge is -2.16. The zero-order chi connectivity index (χ0) is 15.2. The van der Waals surface area contributed by atoms with Crippen molar-refractivity contribution >= 4 is 11.6 Å². The fourth-order valence-corrected chi connectivity index (χ4v) is 2.19. The summed E-state index contributed by atoms with van der Waals surface area (Å²) in [6, 6.07) is 14.7. The SMILES string of the molecule is COc1ccccc1CC(C)NC(=O)c1ccc(N)cc1. The summed E-state index contributed by atoms with van der Waals surface area (Å²) < 4.78 is 5.32. The van der Waals surface area contributed by atoms with Gasteiger partial charge in [-0.05, 0) is 49.2 Å². The Labute approximate surface area is 124 Å². The summed E-state index contributed by atoms with van der Waals surface area (Å²) in [4.78, 5) is 12.1. The highest BCUT2D eigenvalue weighted by molar-refractivity contribution is 5.94. The largest absolute Gasteiger partial charge is 0.496 e. The fourth-order valence-electron chi connectivity index (χ4n) is 2.19. The second-order valence-electron chi connectivity index (χ2n) is 5.01. The molecule has 0 aliphatic carbocycles. The van der Waals surface area contributed by atoms with Gasteiger partial charge in [0.05, 0.1) is 7.11 Å². The van der Waals surface area contributed by atoms with Crippen molar-refractivity contribution in [3.63, 3.8) is 0 Å². The van der Waals surface area contributed by atoms with Crippen molar-refractivity contribution in [2.24, 2.45) is 0 Å². The van der Waals surface area contributed by atoms with Crippen LogP contribution in [0.4, 0.5) is 5.69 Å². The summed E-state index contributed by atoms with van der Waals surface area (Å²) in [6.07, 6.45) is 0.713. The van der Waals surface area contributed by atoms with E-state index < -0.39 is 0 Å². The topological polar surface area (TPSA) is 64.3 Å². The molecule has 0 radical (unpaired) electrons. The number of benzene rings is 2. The lowest BCUT2D eigenvalue weighted by atomic mass is 10.1. The summed E-state index contributed by atoms with van der Waals surface area (Å²) in [5.74, 6) is 0.739. The molecular weight excluding hydrogens is 264 g/mol. The molecule has 0 bridgehead atoms. The first kappa shape index (κ1) is 14.9. The predicted molar refractivity (Wildman–Crippen MR) is 84.5 cm³/mol. The number of nitrogens with one attached hydrogen (secondary N) is 1. The zero-order valence-corrected chi connectivity index (χ0v) is 12.3. The van der Waals surface area contributed by atoms with Crippen molar-refractivity contribution in [2.45, 2.75) is 19.4 Å². The highest BCUT2D eigenvalue weighted by atomic mass is 16.5. The highest BCUT2D eigenvalue weighted by Crippen LogP contribution is 2.19. The first-order chi connectivity index (χ1) is 10.1. The van der Waals surface area contributed by atoms with Crippen LogP contribution in [0.5, 0.6) is 5.75 Å². The standard InChI is InChI=1S/C17H20N2O2/c1-12(11-14-5-3-4-6-16(14)21-2)19-17(20)13-7-9-15(18)10-8-13/h3-10,12H,11,18H2,1-2H3,(H,19,20). The lowest BCUT2D eigenvalue weighted by Crippen LogP contribution is -2.34. The van der Waals surface area contributed by atoms with Crippen LogP contribution < -0.4 is 15.8 Å². The second-order valence-corrected chi connectivity index (χ2v) is 5.01. The number of para-hydroxylation sites is 1. The molecule has 2 aromatic rings. The van der Waals surface area contributed by atoms with Gasteiger partial charge in [0.1, 0.15) is 5.75 Å². The van der Waals surface area contributed by atoms with Crippen LogP contribution in [0.15, 0.2) is 48.5 Å². The molecule has 0 aliphatic rings. The molecule has 0 aliphatic heterocycles. The zero-order valence-electron chi connectivity index (χ0n) is 12.3. The monoisotopic (exact) mass is 284 g/mol. The number of nitrogens with two attached hydrogens (primary N) is 1. The summed E-state index contributed by atoms with van der Waals surface area (Å²) in [7, 11) is 1.65. The third kappa shape index (κ3) is 3.99. The van der Waals surface area contributed by atoms with Gasteiger partial charge in [-0.2, -0.15) is 0 Å². The van der Waals surface area contributed by atoms with E-state index in [-0.39, 0.29) is 11.9 Å². The molecule has 1 atom stereocenters. The number of nitrogen functional groups attached to an aromatic ring is 1. The Hall–Kier alpha value is -2.49. The number of carbonyl (C=O) groups excluding carboxylic acids is 1. The molecule has 1 amide bonds. The van der Waals surface area contributed by atoms with E-state index in [0.717, 1.165) is 11.3 Å². The second kappa shape index (κ2) is 6.79. The molecule has 21 heavy (non-hydrogen) atoms. The minimum Gasteiger partial charge on any atom is -0.496 e. The number of hydrogen-bond acceptors (Lipinski definition) is 3. The average Bonchev–Trinajstić information content (AvgIpc) is 2.48. The number of ether oxygens (including phenoxy) is 1. The molecule has 0 saturated carbocycles. The quantitative estimate of drug-likeness (QED) is 0.830. The first-order valence-corrected chi connectivity index (χ1v) is 6.88. The number of anilines is 1. The molecule has 1 unspecified atom stereocenters. The van der Waals surface area contributed by atoms with Crippen LogP contribution in [0.1, 0.15) is 22.8 Å². The molecule has 3 N–H and O–H groups in total. The van der Waals surface area contributed by atoms with E-state index in [2.05, 4.69) is 5.32 Å². The third-order valence-corrected chi connectivity index (χ3v) is 3.27. The molecule has 2 aromatic carbocycles. The number of carbonyl (C=O) groups is 1. The van der Waals surface area contributed by atoms with Gasteiger partial charge < -0.3 is 15.8 Å². The first-order valence-electron chi connectivity index (χ1n) is 6.88. The van der Waals surface area contributed by atoms with Gasteiger partial charge >= 0.3 is 0 Å². The number of methoxy groups -OCH3 is 1. The molecule has 110 valence electrons. The summed E-state index contributed by atoms with van der Waals surface area (Å²) >= 11 is 0. The van der Waals surface area contributed by atoms with E-state index in [0.29, 0.717) is 17.7 Å². The molecule has 0 aromatic heterocycles. The van der Waals surface area contributed by atoms with E-state index >= 15 is 0 Å². The van der Waals surface area contributed by atoms with Crippen LogP contribution >= 0.6 is 0 Å². The van der Waals surface area contributed by atoms with Gasteiger partial charge in [0.15, 0.2) is 0 Å². The normalized spacial score (nSPS) is 11.7. The molecule has 4 heteroatoms. The van der Waals surface area contributed by atoms with Gasteiger partial charge in [-0.1, -0.05) is 18.2 Å². The van der Waals surface area contributed by atoms with Gasteiger partial charge in [0.2, 0.25) is 0 Å². The van der Waals surface area contributed by atoms with Crippen molar-refractivity contribution in [1.29, 1.82) is 0 Å². The van der Waals surface area contributed by atoms with Crippen LogP contribution in [0.2, 0.25) is 0 Å². The van der Waals surface area contributed by atoms with Crippen molar-refractivity contribution in [1.82, 2.24) is 5.32 Å². The predicted octanol–water partition coefficient (Wildman–Crippen LogP) is 2.64. The maximum atomic E-state index is 12.1. The maximum Gasteiger partial charge on any atom is 0.251 e. The smallest absolute Gasteiger partial charge is 0.251 e. The van der Waals surface area contributed by atoms with Gasteiger partial charge in [-0.15, -0.1) is 0 Å². The number of amides is 1. The van der Waals surface area contributed by atoms with Crippen LogP contribution in [0.3, 0.4) is 0 Å². The Balaban J connectivity index is 1.99. The van der Waals surface area contributed by atoms with Crippen molar-refractivity contribution in [3.05, 3.63) is 59.7 Å². The van der Waals surface area contributed by atoms with E-state index in [1.54, 1.807) is 31.4 Å². The van der Waals surface area contributed by atoms with Gasteiger partial charge in [-0.3, -0.25) is 4.79 Å². The Morgan fingerprint density at radius 2 is 1.86 bits per heavy atom. The molecule has 0 saturated heterocycles.